The number of aliphatic hydroxyl groups excluding tert-OH is 2. The van der Waals surface area contributed by atoms with Crippen LogP contribution in [0.5, 0.6) is 0 Å². The lowest BCUT2D eigenvalue weighted by molar-refractivity contribution is 0.0415. The van der Waals surface area contributed by atoms with Crippen molar-refractivity contribution >= 4 is 66.8 Å². The molecule has 1 saturated heterocycles. The predicted octanol–water partition coefficient (Wildman–Crippen LogP) is 6.25. The van der Waals surface area contributed by atoms with Gasteiger partial charge in [0.1, 0.15) is 0 Å². The van der Waals surface area contributed by atoms with Gasteiger partial charge in [-0.2, -0.15) is 0 Å². The van der Waals surface area contributed by atoms with Crippen LogP contribution in [0.1, 0.15) is 0 Å². The third-order valence-electron chi connectivity index (χ3n) is 8.66. The van der Waals surface area contributed by atoms with Gasteiger partial charge in [0.25, 0.3) is 0 Å². The third-order valence-corrected chi connectivity index (χ3v) is 9.13. The maximum absolute atomic E-state index is 11.2. The van der Waals surface area contributed by atoms with E-state index < -0.39 is 12.2 Å². The number of hydrogen-bond donors (Lipinski definition) is 2. The number of β-amino-alcohol motifs (C(OH)–C–C–N with tert-alkyl or cyclic N) is 2. The molecular weight excluding hydrogens is 567 g/mol. The largest absolute Gasteiger partial charge is 0.390 e. The van der Waals surface area contributed by atoms with Crippen LogP contribution in [-0.4, -0.2) is 80.6 Å². The molecule has 2 aromatic heterocycles. The molecule has 7 rings (SSSR count). The van der Waals surface area contributed by atoms with Gasteiger partial charge in [-0.05, 0) is 48.5 Å². The Morgan fingerprint density at radius 2 is 0.881 bits per heavy atom. The van der Waals surface area contributed by atoms with Crippen LogP contribution >= 0.6 is 23.2 Å². The second-order valence-corrected chi connectivity index (χ2v) is 12.4. The Balaban J connectivity index is 0.975. The molecule has 0 aliphatic carbocycles. The smallest absolute Gasteiger partial charge is 0.0845 e. The number of rotatable bonds is 8. The molecule has 0 spiro atoms. The molecule has 3 heterocycles. The second kappa shape index (κ2) is 11.5. The molecule has 216 valence electrons. The van der Waals surface area contributed by atoms with Gasteiger partial charge in [0, 0.05) is 92.9 Å². The Labute approximate surface area is 254 Å². The lowest BCUT2D eigenvalue weighted by Crippen LogP contribution is -2.50. The van der Waals surface area contributed by atoms with Crippen molar-refractivity contribution in [2.75, 3.05) is 39.3 Å². The number of aromatic nitrogens is 2. The molecule has 2 atom stereocenters. The molecule has 0 unspecified atom stereocenters. The Kier molecular flexibility index (Phi) is 7.61. The van der Waals surface area contributed by atoms with E-state index in [4.69, 9.17) is 23.2 Å². The summed E-state index contributed by atoms with van der Waals surface area (Å²) in [4.78, 5) is 4.66. The first-order valence-electron chi connectivity index (χ1n) is 14.6. The van der Waals surface area contributed by atoms with Gasteiger partial charge < -0.3 is 19.3 Å². The molecule has 1 aliphatic rings. The van der Waals surface area contributed by atoms with E-state index in [1.165, 1.54) is 10.8 Å². The molecule has 0 radical (unpaired) electrons. The Bertz CT molecular complexity index is 1780. The number of benzene rings is 4. The van der Waals surface area contributed by atoms with Crippen molar-refractivity contribution in [3.8, 4) is 0 Å². The zero-order valence-corrected chi connectivity index (χ0v) is 24.8. The molecule has 1 fully saturated rings. The van der Waals surface area contributed by atoms with Gasteiger partial charge in [-0.15, -0.1) is 0 Å². The van der Waals surface area contributed by atoms with E-state index in [0.717, 1.165) is 59.0 Å². The normalized spacial score (nSPS) is 16.7. The van der Waals surface area contributed by atoms with Crippen LogP contribution in [0.2, 0.25) is 10.0 Å². The van der Waals surface area contributed by atoms with E-state index in [-0.39, 0.29) is 0 Å². The SMILES string of the molecule is O[C@@H](CN1CCN(C[C@H](O)Cn2c3ccc(Cl)cc3c3cc(Cl)ccc32)CC1)Cn1c2ccccc2c2ccccc21. The van der Waals surface area contributed by atoms with E-state index in [9.17, 15) is 10.2 Å². The maximum atomic E-state index is 11.2. The van der Waals surface area contributed by atoms with Crippen molar-refractivity contribution in [2.24, 2.45) is 0 Å². The van der Waals surface area contributed by atoms with E-state index >= 15 is 0 Å². The highest BCUT2D eigenvalue weighted by Crippen LogP contribution is 2.33. The highest BCUT2D eigenvalue weighted by atomic mass is 35.5. The van der Waals surface area contributed by atoms with Gasteiger partial charge >= 0.3 is 0 Å². The quantitative estimate of drug-likeness (QED) is 0.217. The van der Waals surface area contributed by atoms with Gasteiger partial charge in [-0.25, -0.2) is 0 Å². The number of fused-ring (bicyclic) bond motifs is 6. The number of halogens is 2. The average Bonchev–Trinajstić information content (AvgIpc) is 3.46. The summed E-state index contributed by atoms with van der Waals surface area (Å²) in [6.45, 7) is 5.72. The van der Waals surface area contributed by atoms with Gasteiger partial charge in [-0.3, -0.25) is 9.80 Å². The van der Waals surface area contributed by atoms with Gasteiger partial charge in [0.2, 0.25) is 0 Å². The van der Waals surface area contributed by atoms with Gasteiger partial charge in [0.15, 0.2) is 0 Å². The fourth-order valence-electron chi connectivity index (χ4n) is 6.73. The van der Waals surface area contributed by atoms with Crippen LogP contribution < -0.4 is 0 Å². The van der Waals surface area contributed by atoms with Crippen LogP contribution in [0.25, 0.3) is 43.6 Å². The van der Waals surface area contributed by atoms with Crippen LogP contribution in [-0.2, 0) is 13.1 Å². The maximum Gasteiger partial charge on any atom is 0.0845 e. The van der Waals surface area contributed by atoms with Gasteiger partial charge in [0.05, 0.1) is 25.3 Å². The Morgan fingerprint density at radius 1 is 0.500 bits per heavy atom. The molecule has 6 nitrogen and oxygen atoms in total. The zero-order valence-electron chi connectivity index (χ0n) is 23.3. The predicted molar refractivity (Wildman–Crippen MR) is 174 cm³/mol. The van der Waals surface area contributed by atoms with E-state index in [0.29, 0.717) is 36.2 Å². The first kappa shape index (κ1) is 27.7. The van der Waals surface area contributed by atoms with Crippen molar-refractivity contribution in [3.63, 3.8) is 0 Å². The highest BCUT2D eigenvalue weighted by Gasteiger charge is 2.23. The monoisotopic (exact) mass is 600 g/mol. The van der Waals surface area contributed by atoms with Crippen molar-refractivity contribution < 1.29 is 10.2 Å². The third kappa shape index (κ3) is 5.28. The Hall–Kier alpha value is -3.10. The summed E-state index contributed by atoms with van der Waals surface area (Å²) >= 11 is 12.6. The molecule has 0 amide bonds. The average molecular weight is 602 g/mol. The summed E-state index contributed by atoms with van der Waals surface area (Å²) in [5, 5.41) is 28.2. The number of para-hydroxylation sites is 2. The van der Waals surface area contributed by atoms with Crippen LogP contribution in [0, 0.1) is 0 Å². The number of nitrogens with zero attached hydrogens (tertiary/aromatic N) is 4. The van der Waals surface area contributed by atoms with Crippen LogP contribution in [0.4, 0.5) is 0 Å². The summed E-state index contributed by atoms with van der Waals surface area (Å²) in [5.41, 5.74) is 4.40. The Morgan fingerprint density at radius 3 is 1.31 bits per heavy atom. The molecule has 8 heteroatoms. The second-order valence-electron chi connectivity index (χ2n) is 11.5. The standard InChI is InChI=1S/C34H34Cl2N4O2/c35-23-9-11-33-29(17-23)30-18-24(36)10-12-34(30)40(33)22-26(42)20-38-15-13-37(14-16-38)19-25(41)21-39-31-7-3-1-5-27(31)28-6-2-4-8-32(28)39/h1-12,17-18,25-26,41-42H,13-16,19-22H2/t25-,26-/m0/s1. The van der Waals surface area contributed by atoms with Crippen molar-refractivity contribution in [1.82, 2.24) is 18.9 Å². The minimum absolute atomic E-state index is 0.473. The molecule has 6 aromatic rings. The fourth-order valence-corrected chi connectivity index (χ4v) is 7.08. The summed E-state index contributed by atoms with van der Waals surface area (Å²) in [6.07, 6.45) is -0.999. The first-order chi connectivity index (χ1) is 20.4. The fraction of sp³-hybridized carbons (Fsp3) is 0.294. The molecule has 2 N–H and O–H groups in total. The number of piperazine rings is 1. The van der Waals surface area contributed by atoms with Gasteiger partial charge in [-0.1, -0.05) is 59.6 Å². The topological polar surface area (TPSA) is 56.8 Å². The minimum atomic E-state index is -0.525. The van der Waals surface area contributed by atoms with E-state index in [1.807, 2.05) is 36.4 Å². The van der Waals surface area contributed by atoms with Crippen LogP contribution in [0.3, 0.4) is 0 Å². The molecule has 0 bridgehead atoms. The summed E-state index contributed by atoms with van der Waals surface area (Å²) < 4.78 is 4.42. The summed E-state index contributed by atoms with van der Waals surface area (Å²) in [7, 11) is 0. The van der Waals surface area contributed by atoms with Crippen molar-refractivity contribution in [1.29, 1.82) is 0 Å². The molecule has 1 aliphatic heterocycles. The van der Waals surface area contributed by atoms with Crippen molar-refractivity contribution in [2.45, 2.75) is 25.3 Å². The molecule has 0 saturated carbocycles. The first-order valence-corrected chi connectivity index (χ1v) is 15.3. The number of hydrogen-bond acceptors (Lipinski definition) is 4. The van der Waals surface area contributed by atoms with E-state index in [1.54, 1.807) is 0 Å². The van der Waals surface area contributed by atoms with E-state index in [2.05, 4.69) is 67.5 Å². The lowest BCUT2D eigenvalue weighted by atomic mass is 10.1. The molecule has 4 aromatic carbocycles. The molecule has 42 heavy (non-hydrogen) atoms. The van der Waals surface area contributed by atoms with Crippen molar-refractivity contribution in [3.05, 3.63) is 95.0 Å². The molecular formula is C34H34Cl2N4O2. The number of aliphatic hydroxyl groups is 2. The highest BCUT2D eigenvalue weighted by molar-refractivity contribution is 6.33. The summed E-state index contributed by atoms with van der Waals surface area (Å²) in [5.74, 6) is 0. The van der Waals surface area contributed by atoms with Crippen LogP contribution in [0.15, 0.2) is 84.9 Å². The zero-order chi connectivity index (χ0) is 28.8. The lowest BCUT2D eigenvalue weighted by Gasteiger charge is -2.36. The summed E-state index contributed by atoms with van der Waals surface area (Å²) in [6, 6.07) is 28.6. The minimum Gasteiger partial charge on any atom is -0.390 e.